The number of nitrogens with one attached hydrogen (secondary N) is 1. The molecule has 1 aromatic heterocycles. The molecule has 1 aliphatic rings. The van der Waals surface area contributed by atoms with Gasteiger partial charge in [0.15, 0.2) is 0 Å². The predicted molar refractivity (Wildman–Crippen MR) is 70.4 cm³/mol. The number of hydrogen-bond donors (Lipinski definition) is 1. The van der Waals surface area contributed by atoms with E-state index in [1.54, 1.807) is 0 Å². The lowest BCUT2D eigenvalue weighted by Gasteiger charge is -2.28. The molecule has 1 fully saturated rings. The quantitative estimate of drug-likeness (QED) is 0.861. The molecule has 94 valence electrons. The van der Waals surface area contributed by atoms with Gasteiger partial charge in [0, 0.05) is 25.4 Å². The molecular formula is C13H22N4. The summed E-state index contributed by atoms with van der Waals surface area (Å²) in [4.78, 5) is 11.1. The smallest absolute Gasteiger partial charge is 0.132 e. The second-order valence-electron chi connectivity index (χ2n) is 4.99. The third-order valence-corrected chi connectivity index (χ3v) is 3.33. The monoisotopic (exact) mass is 234 g/mol. The zero-order valence-electron chi connectivity index (χ0n) is 11.0. The fourth-order valence-electron chi connectivity index (χ4n) is 2.44. The minimum Gasteiger partial charge on any atom is -0.359 e. The largest absolute Gasteiger partial charge is 0.359 e. The Bertz CT molecular complexity index is 351. The first kappa shape index (κ1) is 12.3. The van der Waals surface area contributed by atoms with Gasteiger partial charge in [-0.3, -0.25) is 0 Å². The van der Waals surface area contributed by atoms with Gasteiger partial charge in [-0.1, -0.05) is 0 Å². The highest BCUT2D eigenvalue weighted by Crippen LogP contribution is 2.17. The Morgan fingerprint density at radius 3 is 2.65 bits per heavy atom. The molecule has 4 heteroatoms. The van der Waals surface area contributed by atoms with Crippen molar-refractivity contribution in [2.75, 3.05) is 31.6 Å². The van der Waals surface area contributed by atoms with E-state index in [1.807, 2.05) is 13.8 Å². The number of hydrogen-bond acceptors (Lipinski definition) is 4. The Hall–Kier alpha value is -1.16. The van der Waals surface area contributed by atoms with E-state index in [4.69, 9.17) is 0 Å². The van der Waals surface area contributed by atoms with Gasteiger partial charge in [0.1, 0.15) is 11.6 Å². The third kappa shape index (κ3) is 3.40. The van der Waals surface area contributed by atoms with Crippen molar-refractivity contribution >= 4 is 5.82 Å². The highest BCUT2D eigenvalue weighted by Gasteiger charge is 2.16. The molecule has 0 bridgehead atoms. The van der Waals surface area contributed by atoms with Crippen LogP contribution < -0.4 is 10.2 Å². The third-order valence-electron chi connectivity index (χ3n) is 3.33. The van der Waals surface area contributed by atoms with Crippen LogP contribution in [0.3, 0.4) is 0 Å². The normalized spacial score (nSPS) is 17.1. The topological polar surface area (TPSA) is 41.0 Å². The molecule has 1 N–H and O–H groups in total. The minimum absolute atomic E-state index is 0.789. The molecular weight excluding hydrogens is 212 g/mol. The Kier molecular flexibility index (Phi) is 3.94. The zero-order valence-corrected chi connectivity index (χ0v) is 11.0. The highest BCUT2D eigenvalue weighted by atomic mass is 15.2. The summed E-state index contributed by atoms with van der Waals surface area (Å²) in [5.41, 5.74) is 1.05. The van der Waals surface area contributed by atoms with Crippen LogP contribution in [0, 0.1) is 19.8 Å². The molecule has 17 heavy (non-hydrogen) atoms. The minimum atomic E-state index is 0.789. The van der Waals surface area contributed by atoms with Crippen LogP contribution in [0.4, 0.5) is 5.82 Å². The lowest BCUT2D eigenvalue weighted by Crippen LogP contribution is -2.34. The molecule has 1 aromatic rings. The molecule has 0 saturated carbocycles. The maximum atomic E-state index is 4.50. The molecule has 0 spiro atoms. The van der Waals surface area contributed by atoms with Crippen LogP contribution in [0.1, 0.15) is 24.4 Å². The van der Waals surface area contributed by atoms with Gasteiger partial charge >= 0.3 is 0 Å². The highest BCUT2D eigenvalue weighted by molar-refractivity contribution is 5.38. The molecule has 0 aromatic carbocycles. The van der Waals surface area contributed by atoms with Crippen LogP contribution in [0.2, 0.25) is 0 Å². The summed E-state index contributed by atoms with van der Waals surface area (Å²) in [5, 5.41) is 3.40. The van der Waals surface area contributed by atoms with Crippen molar-refractivity contribution < 1.29 is 0 Å². The molecule has 2 rings (SSSR count). The van der Waals surface area contributed by atoms with Crippen molar-refractivity contribution in [3.8, 4) is 0 Å². The average molecular weight is 234 g/mol. The van der Waals surface area contributed by atoms with Crippen molar-refractivity contribution in [2.24, 2.45) is 5.92 Å². The first-order valence-corrected chi connectivity index (χ1v) is 6.39. The van der Waals surface area contributed by atoms with Gasteiger partial charge in [-0.2, -0.15) is 0 Å². The van der Waals surface area contributed by atoms with Crippen LogP contribution in [0.15, 0.2) is 6.07 Å². The first-order valence-electron chi connectivity index (χ1n) is 6.39. The Morgan fingerprint density at radius 2 is 2.00 bits per heavy atom. The van der Waals surface area contributed by atoms with Crippen LogP contribution in [0.25, 0.3) is 0 Å². The molecule has 0 aliphatic carbocycles. The fraction of sp³-hybridized carbons (Fsp3) is 0.692. The van der Waals surface area contributed by atoms with Crippen molar-refractivity contribution in [3.63, 3.8) is 0 Å². The van der Waals surface area contributed by atoms with Crippen LogP contribution >= 0.6 is 0 Å². The van der Waals surface area contributed by atoms with Crippen LogP contribution in [-0.2, 0) is 0 Å². The van der Waals surface area contributed by atoms with Gasteiger partial charge in [0.2, 0.25) is 0 Å². The SMILES string of the molecule is Cc1cc(N(C)CC2CCNCC2)nc(C)n1. The van der Waals surface area contributed by atoms with Crippen molar-refractivity contribution in [2.45, 2.75) is 26.7 Å². The van der Waals surface area contributed by atoms with E-state index >= 15 is 0 Å². The molecule has 0 amide bonds. The molecule has 1 aliphatic heterocycles. The van der Waals surface area contributed by atoms with E-state index < -0.39 is 0 Å². The predicted octanol–water partition coefficient (Wildman–Crippen LogP) is 1.53. The summed E-state index contributed by atoms with van der Waals surface area (Å²) in [6, 6.07) is 2.06. The summed E-state index contributed by atoms with van der Waals surface area (Å²) in [7, 11) is 2.13. The fourth-order valence-corrected chi connectivity index (χ4v) is 2.44. The van der Waals surface area contributed by atoms with E-state index in [0.29, 0.717) is 0 Å². The lowest BCUT2D eigenvalue weighted by molar-refractivity contribution is 0.377. The molecule has 1 saturated heterocycles. The average Bonchev–Trinajstić information content (AvgIpc) is 2.29. The Labute approximate surface area is 103 Å². The summed E-state index contributed by atoms with van der Waals surface area (Å²) in [6.45, 7) is 7.38. The van der Waals surface area contributed by atoms with Crippen LogP contribution in [0.5, 0.6) is 0 Å². The van der Waals surface area contributed by atoms with E-state index in [0.717, 1.165) is 42.9 Å². The maximum Gasteiger partial charge on any atom is 0.132 e. The van der Waals surface area contributed by atoms with Gasteiger partial charge < -0.3 is 10.2 Å². The van der Waals surface area contributed by atoms with Crippen molar-refractivity contribution in [1.82, 2.24) is 15.3 Å². The number of piperidine rings is 1. The van der Waals surface area contributed by atoms with Crippen molar-refractivity contribution in [3.05, 3.63) is 17.6 Å². The Balaban J connectivity index is 2.00. The second kappa shape index (κ2) is 5.45. The summed E-state index contributed by atoms with van der Waals surface area (Å²) in [6.07, 6.45) is 2.54. The lowest BCUT2D eigenvalue weighted by atomic mass is 9.98. The standard InChI is InChI=1S/C13H22N4/c1-10-8-13(16-11(2)15-10)17(3)9-12-4-6-14-7-5-12/h8,12,14H,4-7,9H2,1-3H3. The zero-order chi connectivity index (χ0) is 12.3. The number of anilines is 1. The number of nitrogens with zero attached hydrogens (tertiary/aromatic N) is 3. The van der Waals surface area contributed by atoms with Gasteiger partial charge in [-0.15, -0.1) is 0 Å². The number of aryl methyl sites for hydroxylation is 2. The molecule has 0 radical (unpaired) electrons. The van der Waals surface area contributed by atoms with E-state index in [2.05, 4.69) is 33.3 Å². The molecule has 4 nitrogen and oxygen atoms in total. The molecule has 2 heterocycles. The van der Waals surface area contributed by atoms with Crippen molar-refractivity contribution in [1.29, 1.82) is 0 Å². The van der Waals surface area contributed by atoms with Gasteiger partial charge in [-0.05, 0) is 45.7 Å². The van der Waals surface area contributed by atoms with Gasteiger partial charge in [0.25, 0.3) is 0 Å². The second-order valence-corrected chi connectivity index (χ2v) is 4.99. The summed E-state index contributed by atoms with van der Waals surface area (Å²) in [5.74, 6) is 2.70. The maximum absolute atomic E-state index is 4.50. The van der Waals surface area contributed by atoms with E-state index in [9.17, 15) is 0 Å². The Morgan fingerprint density at radius 1 is 1.29 bits per heavy atom. The first-order chi connectivity index (χ1) is 8.15. The van der Waals surface area contributed by atoms with Gasteiger partial charge in [-0.25, -0.2) is 9.97 Å². The van der Waals surface area contributed by atoms with Crippen LogP contribution in [-0.4, -0.2) is 36.6 Å². The van der Waals surface area contributed by atoms with Gasteiger partial charge in [0.05, 0.1) is 0 Å². The molecule has 0 atom stereocenters. The summed E-state index contributed by atoms with van der Waals surface area (Å²) < 4.78 is 0. The van der Waals surface area contributed by atoms with E-state index in [-0.39, 0.29) is 0 Å². The number of rotatable bonds is 3. The summed E-state index contributed by atoms with van der Waals surface area (Å²) >= 11 is 0. The van der Waals surface area contributed by atoms with E-state index in [1.165, 1.54) is 12.8 Å². The number of aromatic nitrogens is 2. The molecule has 0 unspecified atom stereocenters.